The summed E-state index contributed by atoms with van der Waals surface area (Å²) in [6.45, 7) is 9.28. The Balaban J connectivity index is 1.77. The van der Waals surface area contributed by atoms with E-state index in [2.05, 4.69) is 24.6 Å². The van der Waals surface area contributed by atoms with E-state index in [1.165, 1.54) is 0 Å². The minimum atomic E-state index is -1.09. The fourth-order valence-electron chi connectivity index (χ4n) is 2.40. The molecule has 0 saturated carbocycles. The highest BCUT2D eigenvalue weighted by Gasteiger charge is 2.23. The van der Waals surface area contributed by atoms with Gasteiger partial charge in [0.15, 0.2) is 0 Å². The maximum Gasteiger partial charge on any atom is 0.277 e. The third kappa shape index (κ3) is 3.16. The molecule has 0 unspecified atom stereocenters. The summed E-state index contributed by atoms with van der Waals surface area (Å²) in [7, 11) is -1.09. The molecule has 0 N–H and O–H groups in total. The van der Waals surface area contributed by atoms with E-state index in [-0.39, 0.29) is 11.6 Å². The molecule has 1 fully saturated rings. The lowest BCUT2D eigenvalue weighted by atomic mass is 10.2. The van der Waals surface area contributed by atoms with Crippen LogP contribution in [0.3, 0.4) is 0 Å². The van der Waals surface area contributed by atoms with Crippen molar-refractivity contribution >= 4 is 19.1 Å². The van der Waals surface area contributed by atoms with Crippen molar-refractivity contribution in [2.45, 2.75) is 38.5 Å². The maximum atomic E-state index is 12.6. The van der Waals surface area contributed by atoms with Crippen LogP contribution in [-0.4, -0.2) is 42.0 Å². The Morgan fingerprint density at radius 2 is 2.18 bits per heavy atom. The number of hydrogen-bond donors (Lipinski definition) is 0. The van der Waals surface area contributed by atoms with Gasteiger partial charge in [0.2, 0.25) is 0 Å². The summed E-state index contributed by atoms with van der Waals surface area (Å²) in [5.74, 6) is 0. The molecule has 0 spiro atoms. The number of aromatic nitrogens is 3. The molecular formula is C15H23N3O3Si. The predicted molar refractivity (Wildman–Crippen MR) is 88.0 cm³/mol. The van der Waals surface area contributed by atoms with Gasteiger partial charge in [-0.2, -0.15) is 0 Å². The van der Waals surface area contributed by atoms with E-state index >= 15 is 0 Å². The topological polar surface area (TPSA) is 58.3 Å². The van der Waals surface area contributed by atoms with Crippen LogP contribution >= 0.6 is 0 Å². The minimum Gasteiger partial charge on any atom is -0.377 e. The van der Waals surface area contributed by atoms with Gasteiger partial charge in [-0.3, -0.25) is 4.79 Å². The van der Waals surface area contributed by atoms with Crippen molar-refractivity contribution in [3.05, 3.63) is 28.9 Å². The van der Waals surface area contributed by atoms with E-state index < -0.39 is 8.07 Å². The summed E-state index contributed by atoms with van der Waals surface area (Å²) in [4.78, 5) is 16.9. The molecule has 1 saturated heterocycles. The highest BCUT2D eigenvalue weighted by Crippen LogP contribution is 2.17. The Kier molecular flexibility index (Phi) is 4.20. The highest BCUT2D eigenvalue weighted by molar-refractivity contribution is 6.76. The van der Waals surface area contributed by atoms with Gasteiger partial charge in [-0.05, 0) is 12.1 Å². The van der Waals surface area contributed by atoms with Gasteiger partial charge in [0.1, 0.15) is 12.2 Å². The Hall–Kier alpha value is -1.44. The van der Waals surface area contributed by atoms with E-state index in [1.807, 2.05) is 6.07 Å². The van der Waals surface area contributed by atoms with Crippen molar-refractivity contribution in [3.63, 3.8) is 0 Å². The smallest absolute Gasteiger partial charge is 0.277 e. The first-order valence-electron chi connectivity index (χ1n) is 7.67. The molecule has 0 atom stereocenters. The van der Waals surface area contributed by atoms with Crippen LogP contribution in [0.5, 0.6) is 0 Å². The lowest BCUT2D eigenvalue weighted by molar-refractivity contribution is -0.0246. The van der Waals surface area contributed by atoms with Crippen LogP contribution in [0, 0.1) is 0 Å². The first-order valence-corrected chi connectivity index (χ1v) is 11.4. The second-order valence-electron chi connectivity index (χ2n) is 7.02. The molecule has 1 aliphatic heterocycles. The van der Waals surface area contributed by atoms with Crippen LogP contribution < -0.4 is 5.56 Å². The monoisotopic (exact) mass is 321 g/mol. The quantitative estimate of drug-likeness (QED) is 0.604. The summed E-state index contributed by atoms with van der Waals surface area (Å²) >= 11 is 0. The van der Waals surface area contributed by atoms with Crippen molar-refractivity contribution in [1.82, 2.24) is 14.1 Å². The largest absolute Gasteiger partial charge is 0.377 e. The third-order valence-corrected chi connectivity index (χ3v) is 5.64. The van der Waals surface area contributed by atoms with Gasteiger partial charge in [-0.15, -0.1) is 0 Å². The molecule has 0 radical (unpaired) electrons. The standard InChI is InChI=1S/C15H23N3O3Si/c1-22(2,3)7-6-20-11-17-10-16-13-4-5-18(12-8-21-9-12)15(19)14(13)17/h4-5,10,12H,6-9,11H2,1-3H3. The molecular weight excluding hydrogens is 298 g/mol. The number of hydrogen-bond acceptors (Lipinski definition) is 4. The fraction of sp³-hybridized carbons (Fsp3) is 0.600. The first-order chi connectivity index (χ1) is 10.5. The predicted octanol–water partition coefficient (Wildman–Crippen LogP) is 2.08. The molecule has 22 heavy (non-hydrogen) atoms. The summed E-state index contributed by atoms with van der Waals surface area (Å²) < 4.78 is 14.5. The number of imidazole rings is 1. The lowest BCUT2D eigenvalue weighted by Crippen LogP contribution is -2.37. The maximum absolute atomic E-state index is 12.6. The number of nitrogens with zero attached hydrogens (tertiary/aromatic N) is 3. The first kappa shape index (κ1) is 15.5. The van der Waals surface area contributed by atoms with Gasteiger partial charge in [0.05, 0.1) is 31.1 Å². The number of fused-ring (bicyclic) bond motifs is 1. The average Bonchev–Trinajstić information content (AvgIpc) is 2.79. The Labute approximate surface area is 130 Å². The summed E-state index contributed by atoms with van der Waals surface area (Å²) in [5, 5.41) is 0. The van der Waals surface area contributed by atoms with Gasteiger partial charge >= 0.3 is 0 Å². The van der Waals surface area contributed by atoms with Crippen LogP contribution in [0.2, 0.25) is 25.7 Å². The minimum absolute atomic E-state index is 0.0166. The number of ether oxygens (including phenoxy) is 2. The van der Waals surface area contributed by atoms with Gasteiger partial charge < -0.3 is 18.6 Å². The van der Waals surface area contributed by atoms with E-state index in [0.29, 0.717) is 25.5 Å². The normalized spacial score (nSPS) is 16.1. The molecule has 6 nitrogen and oxygen atoms in total. The second kappa shape index (κ2) is 5.98. The molecule has 3 heterocycles. The molecule has 0 aromatic carbocycles. The Bertz CT molecular complexity index is 713. The zero-order valence-electron chi connectivity index (χ0n) is 13.4. The van der Waals surface area contributed by atoms with Gasteiger partial charge in [-0.25, -0.2) is 4.98 Å². The molecule has 0 amide bonds. The molecule has 0 aliphatic carbocycles. The summed E-state index contributed by atoms with van der Waals surface area (Å²) in [6, 6.07) is 3.14. The van der Waals surface area contributed by atoms with Crippen molar-refractivity contribution in [2.24, 2.45) is 0 Å². The third-order valence-electron chi connectivity index (χ3n) is 3.94. The zero-order chi connectivity index (χ0) is 15.7. The SMILES string of the molecule is C[Si](C)(C)CCOCn1cnc2ccn(C3COC3)c(=O)c21. The van der Waals surface area contributed by atoms with Crippen LogP contribution in [0.1, 0.15) is 6.04 Å². The van der Waals surface area contributed by atoms with Crippen LogP contribution in [0.4, 0.5) is 0 Å². The second-order valence-corrected chi connectivity index (χ2v) is 12.6. The van der Waals surface area contributed by atoms with Gasteiger partial charge in [-0.1, -0.05) is 19.6 Å². The zero-order valence-corrected chi connectivity index (χ0v) is 14.4. The molecule has 3 rings (SSSR count). The van der Waals surface area contributed by atoms with E-state index in [1.54, 1.807) is 21.7 Å². The fourth-order valence-corrected chi connectivity index (χ4v) is 3.16. The van der Waals surface area contributed by atoms with Crippen LogP contribution in [0.25, 0.3) is 11.0 Å². The van der Waals surface area contributed by atoms with Crippen molar-refractivity contribution < 1.29 is 9.47 Å². The van der Waals surface area contributed by atoms with Crippen molar-refractivity contribution in [3.8, 4) is 0 Å². The summed E-state index contributed by atoms with van der Waals surface area (Å²) in [5.41, 5.74) is 1.31. The van der Waals surface area contributed by atoms with E-state index in [9.17, 15) is 4.79 Å². The van der Waals surface area contributed by atoms with Crippen LogP contribution in [0.15, 0.2) is 23.4 Å². The molecule has 1 aliphatic rings. The molecule has 7 heteroatoms. The Morgan fingerprint density at radius 1 is 1.41 bits per heavy atom. The lowest BCUT2D eigenvalue weighted by Gasteiger charge is -2.27. The van der Waals surface area contributed by atoms with Gasteiger partial charge in [0, 0.05) is 20.9 Å². The highest BCUT2D eigenvalue weighted by atomic mass is 28.3. The molecule has 120 valence electrons. The number of rotatable bonds is 6. The number of pyridine rings is 1. The summed E-state index contributed by atoms with van der Waals surface area (Å²) in [6.07, 6.45) is 3.49. The van der Waals surface area contributed by atoms with Crippen molar-refractivity contribution in [1.29, 1.82) is 0 Å². The van der Waals surface area contributed by atoms with E-state index in [0.717, 1.165) is 18.2 Å². The molecule has 2 aromatic rings. The molecule has 0 bridgehead atoms. The van der Waals surface area contributed by atoms with E-state index in [4.69, 9.17) is 9.47 Å². The molecule has 2 aromatic heterocycles. The Morgan fingerprint density at radius 3 is 2.82 bits per heavy atom. The van der Waals surface area contributed by atoms with Crippen LogP contribution in [-0.2, 0) is 16.2 Å². The van der Waals surface area contributed by atoms with Crippen molar-refractivity contribution in [2.75, 3.05) is 19.8 Å². The average molecular weight is 321 g/mol. The van der Waals surface area contributed by atoms with Gasteiger partial charge in [0.25, 0.3) is 5.56 Å².